The maximum Gasteiger partial charge on any atom is 0.147 e. The van der Waals surface area contributed by atoms with Gasteiger partial charge in [-0.3, -0.25) is 0 Å². The van der Waals surface area contributed by atoms with Gasteiger partial charge < -0.3 is 4.90 Å². The van der Waals surface area contributed by atoms with Crippen LogP contribution in [0.4, 0.5) is 5.82 Å². The van der Waals surface area contributed by atoms with Crippen LogP contribution >= 0.6 is 27.5 Å². The van der Waals surface area contributed by atoms with E-state index in [1.54, 1.807) is 0 Å². The molecule has 1 unspecified atom stereocenters. The molecule has 1 spiro atoms. The van der Waals surface area contributed by atoms with Crippen molar-refractivity contribution in [3.8, 4) is 0 Å². The van der Waals surface area contributed by atoms with E-state index < -0.39 is 0 Å². The fraction of sp³-hybridized carbons (Fsp3) is 0.278. The summed E-state index contributed by atoms with van der Waals surface area (Å²) in [5, 5.41) is 0.705. The number of nitrogens with zero attached hydrogens (tertiary/aromatic N) is 2. The second-order valence-electron chi connectivity index (χ2n) is 6.14. The van der Waals surface area contributed by atoms with Crippen LogP contribution in [0, 0.1) is 5.41 Å². The zero-order valence-corrected chi connectivity index (χ0v) is 14.4. The maximum atomic E-state index is 6.44. The Morgan fingerprint density at radius 3 is 2.59 bits per heavy atom. The monoisotopic (exact) mass is 374 g/mol. The summed E-state index contributed by atoms with van der Waals surface area (Å²) in [7, 11) is 0. The Morgan fingerprint density at radius 1 is 1.18 bits per heavy atom. The van der Waals surface area contributed by atoms with Crippen LogP contribution in [-0.4, -0.2) is 11.5 Å². The van der Waals surface area contributed by atoms with E-state index >= 15 is 0 Å². The normalized spacial score (nSPS) is 22.1. The van der Waals surface area contributed by atoms with Crippen LogP contribution in [-0.2, 0) is 0 Å². The van der Waals surface area contributed by atoms with Crippen LogP contribution in [0.15, 0.2) is 59.2 Å². The van der Waals surface area contributed by atoms with Gasteiger partial charge in [-0.15, -0.1) is 0 Å². The second kappa shape index (κ2) is 5.39. The molecule has 1 aliphatic heterocycles. The highest BCUT2D eigenvalue weighted by atomic mass is 79.9. The van der Waals surface area contributed by atoms with Gasteiger partial charge in [0.15, 0.2) is 0 Å². The average Bonchev–Trinajstić information content (AvgIpc) is 2.98. The van der Waals surface area contributed by atoms with Crippen molar-refractivity contribution in [3.05, 3.63) is 69.8 Å². The predicted molar refractivity (Wildman–Crippen MR) is 94.3 cm³/mol. The van der Waals surface area contributed by atoms with E-state index in [-0.39, 0.29) is 0 Å². The molecule has 2 nitrogen and oxygen atoms in total. The van der Waals surface area contributed by atoms with Crippen molar-refractivity contribution in [2.75, 3.05) is 11.4 Å². The molecule has 1 atom stereocenters. The Bertz CT molecular complexity index is 721. The van der Waals surface area contributed by atoms with Crippen molar-refractivity contribution >= 4 is 33.3 Å². The number of benzene rings is 1. The van der Waals surface area contributed by atoms with E-state index in [1.165, 1.54) is 5.56 Å². The minimum absolute atomic E-state index is 0.305. The van der Waals surface area contributed by atoms with Crippen LogP contribution in [0.25, 0.3) is 0 Å². The van der Waals surface area contributed by atoms with Gasteiger partial charge in [0, 0.05) is 22.6 Å². The fourth-order valence-electron chi connectivity index (χ4n) is 3.79. The summed E-state index contributed by atoms with van der Waals surface area (Å²) in [6, 6.07) is 13.0. The van der Waals surface area contributed by atoms with E-state index in [1.807, 2.05) is 12.3 Å². The SMILES string of the molecule is Clc1cc(Br)cnc1N1CC2(CC=CC2)C1c1ccccc1. The number of hydrogen-bond donors (Lipinski definition) is 0. The number of anilines is 1. The number of pyridine rings is 1. The molecule has 1 aromatic carbocycles. The second-order valence-corrected chi connectivity index (χ2v) is 7.46. The Hall–Kier alpha value is -1.32. The number of halogens is 2. The first kappa shape index (κ1) is 14.3. The van der Waals surface area contributed by atoms with Crippen LogP contribution in [0.2, 0.25) is 5.02 Å². The van der Waals surface area contributed by atoms with Crippen molar-refractivity contribution in [2.24, 2.45) is 5.41 Å². The van der Waals surface area contributed by atoms with Gasteiger partial charge in [0.1, 0.15) is 5.82 Å². The average molecular weight is 376 g/mol. The zero-order chi connectivity index (χ0) is 15.2. The van der Waals surface area contributed by atoms with Crippen molar-refractivity contribution < 1.29 is 0 Å². The molecule has 0 radical (unpaired) electrons. The largest absolute Gasteiger partial charge is 0.347 e. The number of allylic oxidation sites excluding steroid dienone is 2. The highest BCUT2D eigenvalue weighted by molar-refractivity contribution is 9.10. The molecule has 0 N–H and O–H groups in total. The third-order valence-electron chi connectivity index (χ3n) is 4.77. The van der Waals surface area contributed by atoms with E-state index in [2.05, 4.69) is 68.3 Å². The molecule has 1 saturated heterocycles. The number of aromatic nitrogens is 1. The summed E-state index contributed by atoms with van der Waals surface area (Å²) >= 11 is 9.86. The van der Waals surface area contributed by atoms with Gasteiger partial charge in [-0.1, -0.05) is 54.1 Å². The van der Waals surface area contributed by atoms with E-state index in [0.717, 1.165) is 29.7 Å². The van der Waals surface area contributed by atoms with Crippen LogP contribution in [0.5, 0.6) is 0 Å². The van der Waals surface area contributed by atoms with Crippen molar-refractivity contribution in [3.63, 3.8) is 0 Å². The van der Waals surface area contributed by atoms with Crippen molar-refractivity contribution in [1.29, 1.82) is 0 Å². The predicted octanol–water partition coefficient (Wildman–Crippen LogP) is 5.40. The third kappa shape index (κ3) is 2.19. The Morgan fingerprint density at radius 2 is 1.91 bits per heavy atom. The molecule has 1 aromatic heterocycles. The minimum atomic E-state index is 0.305. The number of hydrogen-bond acceptors (Lipinski definition) is 2. The highest BCUT2D eigenvalue weighted by Gasteiger charge is 2.53. The van der Waals surface area contributed by atoms with Gasteiger partial charge in [-0.05, 0) is 40.4 Å². The molecule has 0 bridgehead atoms. The summed E-state index contributed by atoms with van der Waals surface area (Å²) in [5.41, 5.74) is 1.65. The molecule has 0 amide bonds. The molecule has 4 heteroatoms. The van der Waals surface area contributed by atoms with Crippen LogP contribution in [0.3, 0.4) is 0 Å². The topological polar surface area (TPSA) is 16.1 Å². The molecule has 22 heavy (non-hydrogen) atoms. The lowest BCUT2D eigenvalue weighted by Crippen LogP contribution is -2.58. The third-order valence-corrected chi connectivity index (χ3v) is 5.48. The molecule has 1 aliphatic carbocycles. The standard InChI is InChI=1S/C18H16BrClN2/c19-14-10-15(20)17(21-11-14)22-12-18(8-4-5-9-18)16(22)13-6-2-1-3-7-13/h1-7,10-11,16H,8-9,12H2. The van der Waals surface area contributed by atoms with Gasteiger partial charge in [-0.25, -0.2) is 4.98 Å². The maximum absolute atomic E-state index is 6.44. The molecular weight excluding hydrogens is 360 g/mol. The lowest BCUT2D eigenvalue weighted by atomic mass is 9.67. The Kier molecular flexibility index (Phi) is 3.50. The fourth-order valence-corrected chi connectivity index (χ4v) is 4.53. The van der Waals surface area contributed by atoms with Crippen molar-refractivity contribution in [1.82, 2.24) is 4.98 Å². The van der Waals surface area contributed by atoms with E-state index in [0.29, 0.717) is 16.5 Å². The summed E-state index contributed by atoms with van der Waals surface area (Å²) < 4.78 is 0.912. The lowest BCUT2D eigenvalue weighted by molar-refractivity contribution is 0.143. The lowest BCUT2D eigenvalue weighted by Gasteiger charge is -2.57. The van der Waals surface area contributed by atoms with Gasteiger partial charge in [0.05, 0.1) is 11.1 Å². The molecule has 0 saturated carbocycles. The summed E-state index contributed by atoms with van der Waals surface area (Å²) in [6.45, 7) is 1.01. The quantitative estimate of drug-likeness (QED) is 0.654. The summed E-state index contributed by atoms with van der Waals surface area (Å²) in [5.74, 6) is 0.885. The molecule has 1 fully saturated rings. The molecule has 2 aromatic rings. The molecule has 2 aliphatic rings. The Labute approximate surface area is 143 Å². The molecule has 112 valence electrons. The van der Waals surface area contributed by atoms with Crippen molar-refractivity contribution in [2.45, 2.75) is 18.9 Å². The summed E-state index contributed by atoms with van der Waals surface area (Å²) in [6.07, 6.45) is 8.71. The van der Waals surface area contributed by atoms with Gasteiger partial charge in [0.25, 0.3) is 0 Å². The molecular formula is C18H16BrClN2. The van der Waals surface area contributed by atoms with Gasteiger partial charge in [-0.2, -0.15) is 0 Å². The van der Waals surface area contributed by atoms with Gasteiger partial charge >= 0.3 is 0 Å². The van der Waals surface area contributed by atoms with E-state index in [4.69, 9.17) is 11.6 Å². The van der Waals surface area contributed by atoms with E-state index in [9.17, 15) is 0 Å². The summed E-state index contributed by atoms with van der Waals surface area (Å²) in [4.78, 5) is 6.90. The van der Waals surface area contributed by atoms with Crippen LogP contribution in [0.1, 0.15) is 24.4 Å². The first-order valence-electron chi connectivity index (χ1n) is 7.47. The first-order chi connectivity index (χ1) is 10.7. The van der Waals surface area contributed by atoms with Crippen LogP contribution < -0.4 is 4.90 Å². The first-order valence-corrected chi connectivity index (χ1v) is 8.64. The zero-order valence-electron chi connectivity index (χ0n) is 12.0. The highest BCUT2D eigenvalue weighted by Crippen LogP contribution is 2.57. The number of rotatable bonds is 2. The molecule has 2 heterocycles. The van der Waals surface area contributed by atoms with Gasteiger partial charge in [0.2, 0.25) is 0 Å². The minimum Gasteiger partial charge on any atom is -0.347 e. The molecule has 4 rings (SSSR count). The smallest absolute Gasteiger partial charge is 0.147 e. The Balaban J connectivity index is 1.74.